The molecule has 0 amide bonds. The molecule has 2 aromatic rings. The number of ether oxygens (including phenoxy) is 2. The fourth-order valence-corrected chi connectivity index (χ4v) is 3.70. The maximum atomic E-state index is 13.7. The Morgan fingerprint density at radius 1 is 1.10 bits per heavy atom. The first-order valence-electron chi connectivity index (χ1n) is 8.24. The number of nitrogens with one attached hydrogen (secondary N) is 1. The molecule has 29 heavy (non-hydrogen) atoms. The van der Waals surface area contributed by atoms with Gasteiger partial charge < -0.3 is 9.47 Å². The standard InChI is InChI=1S/C19H15F2NO6S/c1-11(23)27-16-17(24)19(2,12-8-9-14(20)15(21)10-12)28-18(16)22-29(25,26)13-6-4-3-5-7-13/h3-10,22H,1-2H3. The molecule has 152 valence electrons. The molecule has 0 saturated carbocycles. The number of rotatable bonds is 5. The van der Waals surface area contributed by atoms with Crippen LogP contribution in [0.5, 0.6) is 0 Å². The van der Waals surface area contributed by atoms with Crippen LogP contribution >= 0.6 is 0 Å². The Morgan fingerprint density at radius 3 is 2.34 bits per heavy atom. The molecule has 0 bridgehead atoms. The van der Waals surface area contributed by atoms with E-state index >= 15 is 0 Å². The molecular formula is C19H15F2NO6S. The number of esters is 1. The van der Waals surface area contributed by atoms with Crippen molar-refractivity contribution < 1.29 is 36.3 Å². The number of sulfonamides is 1. The van der Waals surface area contributed by atoms with Crippen molar-refractivity contribution in [2.75, 3.05) is 0 Å². The monoisotopic (exact) mass is 423 g/mol. The second kappa shape index (κ2) is 7.28. The van der Waals surface area contributed by atoms with Crippen molar-refractivity contribution in [3.8, 4) is 0 Å². The number of hydrogen-bond acceptors (Lipinski definition) is 6. The maximum absolute atomic E-state index is 13.7. The van der Waals surface area contributed by atoms with Gasteiger partial charge in [0.25, 0.3) is 21.7 Å². The van der Waals surface area contributed by atoms with E-state index in [0.29, 0.717) is 0 Å². The summed E-state index contributed by atoms with van der Waals surface area (Å²) in [6.45, 7) is 2.23. The lowest BCUT2D eigenvalue weighted by molar-refractivity contribution is -0.142. The van der Waals surface area contributed by atoms with Crippen LogP contribution in [0.15, 0.2) is 65.1 Å². The van der Waals surface area contributed by atoms with Gasteiger partial charge in [-0.3, -0.25) is 9.59 Å². The third kappa shape index (κ3) is 3.83. The highest BCUT2D eigenvalue weighted by atomic mass is 32.2. The van der Waals surface area contributed by atoms with Crippen molar-refractivity contribution in [2.45, 2.75) is 24.3 Å². The quantitative estimate of drug-likeness (QED) is 0.742. The van der Waals surface area contributed by atoms with Gasteiger partial charge in [-0.25, -0.2) is 21.9 Å². The van der Waals surface area contributed by atoms with Crippen LogP contribution in [-0.4, -0.2) is 20.2 Å². The van der Waals surface area contributed by atoms with Crippen LogP contribution in [-0.2, 0) is 34.7 Å². The molecule has 1 unspecified atom stereocenters. The van der Waals surface area contributed by atoms with Crippen molar-refractivity contribution in [3.05, 3.63) is 77.4 Å². The van der Waals surface area contributed by atoms with Crippen molar-refractivity contribution in [1.82, 2.24) is 4.72 Å². The Balaban J connectivity index is 2.03. The number of carbonyl (C=O) groups is 2. The van der Waals surface area contributed by atoms with E-state index < -0.39 is 50.7 Å². The van der Waals surface area contributed by atoms with Gasteiger partial charge in [0.05, 0.1) is 4.90 Å². The highest BCUT2D eigenvalue weighted by Crippen LogP contribution is 2.39. The predicted molar refractivity (Wildman–Crippen MR) is 95.4 cm³/mol. The zero-order valence-corrected chi connectivity index (χ0v) is 16.0. The normalized spacial score (nSPS) is 19.1. The molecule has 0 fully saturated rings. The number of Topliss-reactive ketones (excluding diaryl/α,β-unsaturated/α-hetero) is 1. The van der Waals surface area contributed by atoms with Gasteiger partial charge in [-0.1, -0.05) is 24.3 Å². The summed E-state index contributed by atoms with van der Waals surface area (Å²) in [6.07, 6.45) is 0. The minimum absolute atomic E-state index is 0.0973. The summed E-state index contributed by atoms with van der Waals surface area (Å²) in [6, 6.07) is 9.84. The maximum Gasteiger partial charge on any atom is 0.308 e. The fourth-order valence-electron chi connectivity index (χ4n) is 2.68. The van der Waals surface area contributed by atoms with E-state index in [-0.39, 0.29) is 10.5 Å². The first kappa shape index (κ1) is 20.5. The molecule has 0 aliphatic carbocycles. The minimum atomic E-state index is -4.19. The van der Waals surface area contributed by atoms with Crippen LogP contribution in [0.2, 0.25) is 0 Å². The molecule has 1 atom stereocenters. The molecule has 0 spiro atoms. The SMILES string of the molecule is CC(=O)OC1=C(NS(=O)(=O)c2ccccc2)OC(C)(c2ccc(F)c(F)c2)C1=O. The molecule has 2 aromatic carbocycles. The summed E-state index contributed by atoms with van der Waals surface area (Å²) < 4.78 is 64.5. The Morgan fingerprint density at radius 2 is 1.76 bits per heavy atom. The predicted octanol–water partition coefficient (Wildman–Crippen LogP) is 2.49. The summed E-state index contributed by atoms with van der Waals surface area (Å²) in [5, 5.41) is 0. The molecule has 1 heterocycles. The van der Waals surface area contributed by atoms with Crippen molar-refractivity contribution in [3.63, 3.8) is 0 Å². The van der Waals surface area contributed by atoms with E-state index in [1.165, 1.54) is 31.2 Å². The van der Waals surface area contributed by atoms with Crippen LogP contribution in [0.4, 0.5) is 8.78 Å². The molecule has 0 saturated heterocycles. The molecule has 10 heteroatoms. The first-order valence-corrected chi connectivity index (χ1v) is 9.73. The molecule has 0 radical (unpaired) electrons. The van der Waals surface area contributed by atoms with E-state index in [4.69, 9.17) is 9.47 Å². The Hall–Kier alpha value is -3.27. The Labute approximate surface area is 165 Å². The van der Waals surface area contributed by atoms with Gasteiger partial charge in [0, 0.05) is 12.5 Å². The lowest BCUT2D eigenvalue weighted by atomic mass is 9.91. The van der Waals surface area contributed by atoms with Gasteiger partial charge in [-0.05, 0) is 31.2 Å². The van der Waals surface area contributed by atoms with E-state index in [1.807, 2.05) is 0 Å². The molecule has 3 rings (SSSR count). The van der Waals surface area contributed by atoms with Crippen LogP contribution in [0.1, 0.15) is 19.4 Å². The van der Waals surface area contributed by atoms with Crippen LogP contribution in [0.3, 0.4) is 0 Å². The summed E-state index contributed by atoms with van der Waals surface area (Å²) in [4.78, 5) is 24.2. The smallest absolute Gasteiger partial charge is 0.308 e. The van der Waals surface area contributed by atoms with Crippen LogP contribution in [0.25, 0.3) is 0 Å². The van der Waals surface area contributed by atoms with Crippen molar-refractivity contribution in [2.24, 2.45) is 0 Å². The minimum Gasteiger partial charge on any atom is -0.456 e. The molecule has 7 nitrogen and oxygen atoms in total. The van der Waals surface area contributed by atoms with Crippen LogP contribution < -0.4 is 4.72 Å². The number of hydrogen-bond donors (Lipinski definition) is 1. The number of benzene rings is 2. The Bertz CT molecular complexity index is 1130. The van der Waals surface area contributed by atoms with E-state index in [1.54, 1.807) is 6.07 Å². The zero-order chi connectivity index (χ0) is 21.4. The van der Waals surface area contributed by atoms with Gasteiger partial charge in [0.2, 0.25) is 5.76 Å². The highest BCUT2D eigenvalue weighted by molar-refractivity contribution is 7.89. The number of ketones is 1. The summed E-state index contributed by atoms with van der Waals surface area (Å²) in [5.41, 5.74) is -2.05. The second-order valence-electron chi connectivity index (χ2n) is 6.26. The molecule has 1 aliphatic rings. The lowest BCUT2D eigenvalue weighted by Crippen LogP contribution is -2.32. The van der Waals surface area contributed by atoms with E-state index in [2.05, 4.69) is 4.72 Å². The van der Waals surface area contributed by atoms with Crippen molar-refractivity contribution in [1.29, 1.82) is 0 Å². The van der Waals surface area contributed by atoms with E-state index in [9.17, 15) is 26.8 Å². The van der Waals surface area contributed by atoms with E-state index in [0.717, 1.165) is 25.1 Å². The van der Waals surface area contributed by atoms with Gasteiger partial charge in [0.1, 0.15) is 0 Å². The molecule has 1 aliphatic heterocycles. The number of halogens is 2. The molecular weight excluding hydrogens is 408 g/mol. The Kier molecular flexibility index (Phi) is 5.14. The third-order valence-electron chi connectivity index (χ3n) is 4.15. The average Bonchev–Trinajstić information content (AvgIpc) is 2.89. The lowest BCUT2D eigenvalue weighted by Gasteiger charge is -2.23. The van der Waals surface area contributed by atoms with Crippen LogP contribution in [0, 0.1) is 11.6 Å². The summed E-state index contributed by atoms with van der Waals surface area (Å²) in [5.74, 6) is -5.54. The summed E-state index contributed by atoms with van der Waals surface area (Å²) >= 11 is 0. The second-order valence-corrected chi connectivity index (χ2v) is 7.95. The first-order chi connectivity index (χ1) is 13.5. The highest BCUT2D eigenvalue weighted by Gasteiger charge is 2.50. The van der Waals surface area contributed by atoms with Gasteiger partial charge in [-0.2, -0.15) is 0 Å². The largest absolute Gasteiger partial charge is 0.456 e. The fraction of sp³-hybridized carbons (Fsp3) is 0.158. The van der Waals surface area contributed by atoms with Crippen molar-refractivity contribution >= 4 is 21.8 Å². The topological polar surface area (TPSA) is 98.8 Å². The molecule has 1 N–H and O–H groups in total. The molecule has 0 aromatic heterocycles. The van der Waals surface area contributed by atoms with Gasteiger partial charge >= 0.3 is 5.97 Å². The zero-order valence-electron chi connectivity index (χ0n) is 15.2. The summed E-state index contributed by atoms with van der Waals surface area (Å²) in [7, 11) is -4.19. The average molecular weight is 423 g/mol. The van der Waals surface area contributed by atoms with Gasteiger partial charge in [0.15, 0.2) is 17.2 Å². The third-order valence-corrected chi connectivity index (χ3v) is 5.50. The van der Waals surface area contributed by atoms with Gasteiger partial charge in [-0.15, -0.1) is 0 Å². The number of carbonyl (C=O) groups excluding carboxylic acids is 2.